The molecule has 6 heteroatoms. The Bertz CT molecular complexity index is 644. The lowest BCUT2D eigenvalue weighted by Crippen LogP contribution is -2.07. The van der Waals surface area contributed by atoms with E-state index in [-0.39, 0.29) is 11.1 Å². The number of aromatic nitrogens is 1. The quantitative estimate of drug-likeness (QED) is 0.671. The van der Waals surface area contributed by atoms with Gasteiger partial charge in [0.2, 0.25) is 0 Å². The lowest BCUT2D eigenvalue weighted by molar-refractivity contribution is -0.384. The van der Waals surface area contributed by atoms with Crippen molar-refractivity contribution in [2.75, 3.05) is 12.4 Å². The van der Waals surface area contributed by atoms with Crippen molar-refractivity contribution in [3.63, 3.8) is 0 Å². The lowest BCUT2D eigenvalue weighted by atomic mass is 10.1. The monoisotopic (exact) mass is 259 g/mol. The molecule has 2 aromatic rings. The average molecular weight is 259 g/mol. The van der Waals surface area contributed by atoms with Gasteiger partial charge in [-0.3, -0.25) is 14.9 Å². The molecule has 1 aromatic carbocycles. The zero-order valence-electron chi connectivity index (χ0n) is 10.4. The summed E-state index contributed by atoms with van der Waals surface area (Å²) in [6.45, 7) is 0.456. The first kappa shape index (κ1) is 12.8. The van der Waals surface area contributed by atoms with Crippen molar-refractivity contribution in [1.82, 2.24) is 4.57 Å². The Balaban J connectivity index is 2.39. The normalized spacial score (nSPS) is 10.2. The van der Waals surface area contributed by atoms with E-state index in [1.165, 1.54) is 18.2 Å². The third-order valence-electron chi connectivity index (χ3n) is 2.79. The number of nitro groups is 1. The second-order valence-corrected chi connectivity index (χ2v) is 4.02. The number of hydrogen-bond donors (Lipinski definition) is 1. The van der Waals surface area contributed by atoms with Crippen LogP contribution >= 0.6 is 0 Å². The maximum Gasteiger partial charge on any atom is 0.292 e. The maximum atomic E-state index is 11.0. The van der Waals surface area contributed by atoms with Crippen molar-refractivity contribution in [3.8, 4) is 0 Å². The number of rotatable bonds is 4. The van der Waals surface area contributed by atoms with Crippen molar-refractivity contribution in [3.05, 3.63) is 68.6 Å². The van der Waals surface area contributed by atoms with Gasteiger partial charge in [-0.15, -0.1) is 0 Å². The number of nitrogens with zero attached hydrogens (tertiary/aromatic N) is 2. The molecular formula is C13H13N3O3. The van der Waals surface area contributed by atoms with Gasteiger partial charge in [-0.1, -0.05) is 12.1 Å². The van der Waals surface area contributed by atoms with Gasteiger partial charge in [-0.2, -0.15) is 0 Å². The van der Waals surface area contributed by atoms with Crippen molar-refractivity contribution in [1.29, 1.82) is 0 Å². The number of nitrogens with one attached hydrogen (secondary N) is 1. The van der Waals surface area contributed by atoms with E-state index in [4.69, 9.17) is 0 Å². The van der Waals surface area contributed by atoms with Crippen LogP contribution in [-0.4, -0.2) is 16.5 Å². The Morgan fingerprint density at radius 2 is 1.95 bits per heavy atom. The molecule has 0 aliphatic rings. The Hall–Kier alpha value is -2.63. The molecule has 0 fully saturated rings. The van der Waals surface area contributed by atoms with Gasteiger partial charge in [-0.05, 0) is 0 Å². The fourth-order valence-electron chi connectivity index (χ4n) is 1.90. The van der Waals surface area contributed by atoms with Gasteiger partial charge >= 0.3 is 0 Å². The fourth-order valence-corrected chi connectivity index (χ4v) is 1.90. The number of anilines is 1. The minimum absolute atomic E-state index is 0.0426. The van der Waals surface area contributed by atoms with Crippen molar-refractivity contribution >= 4 is 11.4 Å². The third kappa shape index (κ3) is 2.79. The van der Waals surface area contributed by atoms with Gasteiger partial charge in [0.05, 0.1) is 4.92 Å². The number of para-hydroxylation sites is 1. The summed E-state index contributed by atoms with van der Waals surface area (Å²) in [6.07, 6.45) is 3.31. The van der Waals surface area contributed by atoms with Crippen LogP contribution < -0.4 is 10.7 Å². The molecule has 0 aliphatic carbocycles. The van der Waals surface area contributed by atoms with Crippen LogP contribution in [0.5, 0.6) is 0 Å². The van der Waals surface area contributed by atoms with E-state index in [1.807, 2.05) is 6.07 Å². The number of pyridine rings is 1. The highest BCUT2D eigenvalue weighted by atomic mass is 16.6. The highest BCUT2D eigenvalue weighted by Crippen LogP contribution is 2.28. The molecule has 0 unspecified atom stereocenters. The van der Waals surface area contributed by atoms with Gasteiger partial charge < -0.3 is 9.88 Å². The highest BCUT2D eigenvalue weighted by Gasteiger charge is 2.15. The molecule has 0 aliphatic heterocycles. The predicted octanol–water partition coefficient (Wildman–Crippen LogP) is 1.85. The van der Waals surface area contributed by atoms with Crippen molar-refractivity contribution < 1.29 is 4.92 Å². The summed E-state index contributed by atoms with van der Waals surface area (Å²) >= 11 is 0. The minimum Gasteiger partial charge on any atom is -0.382 e. The first-order valence-corrected chi connectivity index (χ1v) is 5.72. The molecule has 0 radical (unpaired) electrons. The van der Waals surface area contributed by atoms with E-state index >= 15 is 0 Å². The molecular weight excluding hydrogens is 246 g/mol. The molecule has 0 amide bonds. The van der Waals surface area contributed by atoms with E-state index in [0.29, 0.717) is 12.2 Å². The molecule has 98 valence electrons. The van der Waals surface area contributed by atoms with E-state index in [1.54, 1.807) is 30.1 Å². The van der Waals surface area contributed by atoms with E-state index < -0.39 is 4.92 Å². The van der Waals surface area contributed by atoms with Crippen molar-refractivity contribution in [2.24, 2.45) is 0 Å². The summed E-state index contributed by atoms with van der Waals surface area (Å²) < 4.78 is 1.79. The zero-order valence-corrected chi connectivity index (χ0v) is 10.4. The molecule has 1 heterocycles. The zero-order chi connectivity index (χ0) is 13.8. The first-order valence-electron chi connectivity index (χ1n) is 5.72. The Morgan fingerprint density at radius 1 is 1.26 bits per heavy atom. The van der Waals surface area contributed by atoms with E-state index in [0.717, 1.165) is 5.56 Å². The van der Waals surface area contributed by atoms with E-state index in [9.17, 15) is 14.9 Å². The number of benzene rings is 1. The molecule has 1 aromatic heterocycles. The fraction of sp³-hybridized carbons (Fsp3) is 0.154. The first-order chi connectivity index (χ1) is 9.11. The van der Waals surface area contributed by atoms with Gasteiger partial charge in [0.15, 0.2) is 5.43 Å². The largest absolute Gasteiger partial charge is 0.382 e. The van der Waals surface area contributed by atoms with Gasteiger partial charge in [-0.25, -0.2) is 0 Å². The number of hydrogen-bond acceptors (Lipinski definition) is 4. The van der Waals surface area contributed by atoms with E-state index in [2.05, 4.69) is 5.32 Å². The molecule has 2 rings (SSSR count). The van der Waals surface area contributed by atoms with Gasteiger partial charge in [0.1, 0.15) is 5.69 Å². The number of nitro benzene ring substituents is 1. The van der Waals surface area contributed by atoms with Crippen molar-refractivity contribution in [2.45, 2.75) is 6.54 Å². The van der Waals surface area contributed by atoms with Crippen LogP contribution in [0.4, 0.5) is 11.4 Å². The van der Waals surface area contributed by atoms with Crippen LogP contribution in [-0.2, 0) is 6.54 Å². The SMILES string of the molecule is CNc1c(Cn2ccc(=O)cc2)cccc1[N+](=O)[O-]. The molecule has 19 heavy (non-hydrogen) atoms. The minimum atomic E-state index is -0.416. The summed E-state index contributed by atoms with van der Waals surface area (Å²) in [7, 11) is 1.65. The predicted molar refractivity (Wildman–Crippen MR) is 72.4 cm³/mol. The summed E-state index contributed by atoms with van der Waals surface area (Å²) in [5.74, 6) is 0. The molecule has 1 N–H and O–H groups in total. The molecule has 0 spiro atoms. The topological polar surface area (TPSA) is 77.2 Å². The molecule has 0 atom stereocenters. The van der Waals surface area contributed by atoms with Crippen LogP contribution in [0.2, 0.25) is 0 Å². The lowest BCUT2D eigenvalue weighted by Gasteiger charge is -2.11. The van der Waals surface area contributed by atoms with Gasteiger partial charge in [0, 0.05) is 49.7 Å². The third-order valence-corrected chi connectivity index (χ3v) is 2.79. The maximum absolute atomic E-state index is 11.0. The molecule has 0 bridgehead atoms. The van der Waals surface area contributed by atoms with Crippen LogP contribution in [0.3, 0.4) is 0 Å². The summed E-state index contributed by atoms with van der Waals surface area (Å²) in [6, 6.07) is 7.83. The Kier molecular flexibility index (Phi) is 3.61. The Morgan fingerprint density at radius 3 is 2.53 bits per heavy atom. The van der Waals surface area contributed by atoms with Crippen LogP contribution in [0.1, 0.15) is 5.56 Å². The van der Waals surface area contributed by atoms with Crippen LogP contribution in [0, 0.1) is 10.1 Å². The Labute approximate surface area is 109 Å². The molecule has 6 nitrogen and oxygen atoms in total. The summed E-state index contributed by atoms with van der Waals surface area (Å²) in [5.41, 5.74) is 1.26. The molecule has 0 saturated carbocycles. The smallest absolute Gasteiger partial charge is 0.292 e. The van der Waals surface area contributed by atoms with Crippen LogP contribution in [0.15, 0.2) is 47.5 Å². The average Bonchev–Trinajstić information content (AvgIpc) is 2.41. The highest BCUT2D eigenvalue weighted by molar-refractivity contribution is 5.66. The second kappa shape index (κ2) is 5.34. The van der Waals surface area contributed by atoms with Crippen LogP contribution in [0.25, 0.3) is 0 Å². The summed E-state index contributed by atoms with van der Waals surface area (Å²) in [5, 5.41) is 13.8. The second-order valence-electron chi connectivity index (χ2n) is 4.02. The molecule has 0 saturated heterocycles. The summed E-state index contributed by atoms with van der Waals surface area (Å²) in [4.78, 5) is 21.6. The van der Waals surface area contributed by atoms with Gasteiger partial charge in [0.25, 0.3) is 5.69 Å². The standard InChI is InChI=1S/C13H13N3O3/c1-14-13-10(3-2-4-12(13)16(18)19)9-15-7-5-11(17)6-8-15/h2-8,14H,9H2,1H3.